The number of nitrogens with zero attached hydrogens (tertiary/aromatic N) is 1. The molecule has 18 heavy (non-hydrogen) atoms. The predicted octanol–water partition coefficient (Wildman–Crippen LogP) is 2.11. The van der Waals surface area contributed by atoms with Crippen molar-refractivity contribution in [3.63, 3.8) is 0 Å². The highest BCUT2D eigenvalue weighted by molar-refractivity contribution is 6.31. The lowest BCUT2D eigenvalue weighted by Gasteiger charge is -2.23. The molecule has 1 heterocycles. The van der Waals surface area contributed by atoms with E-state index in [4.69, 9.17) is 11.6 Å². The van der Waals surface area contributed by atoms with Gasteiger partial charge in [-0.1, -0.05) is 17.7 Å². The second-order valence-electron chi connectivity index (χ2n) is 4.86. The lowest BCUT2D eigenvalue weighted by molar-refractivity contribution is -0.899. The Morgan fingerprint density at radius 2 is 2.06 bits per heavy atom. The molecule has 0 saturated carbocycles. The fourth-order valence-electron chi connectivity index (χ4n) is 2.16. The van der Waals surface area contributed by atoms with Crippen molar-refractivity contribution in [1.29, 1.82) is 0 Å². The molecule has 2 N–H and O–H groups in total. The number of likely N-dealkylation sites (tertiary alicyclic amines) is 1. The van der Waals surface area contributed by atoms with E-state index in [2.05, 4.69) is 17.5 Å². The Kier molecular flexibility index (Phi) is 4.61. The second-order valence-corrected chi connectivity index (χ2v) is 5.26. The highest BCUT2D eigenvalue weighted by atomic mass is 35.5. The van der Waals surface area contributed by atoms with Gasteiger partial charge in [0.05, 0.1) is 25.3 Å². The molecular formula is C14H21ClN3+. The Balaban J connectivity index is 1.92. The summed E-state index contributed by atoms with van der Waals surface area (Å²) in [7, 11) is 0. The summed E-state index contributed by atoms with van der Waals surface area (Å²) in [4.78, 5) is 1.67. The maximum atomic E-state index is 6.08. The molecule has 0 aliphatic carbocycles. The molecule has 1 aromatic carbocycles. The molecule has 2 rings (SSSR count). The fraction of sp³-hybridized carbons (Fsp3) is 0.500. The van der Waals surface area contributed by atoms with Gasteiger partial charge in [-0.3, -0.25) is 5.43 Å². The van der Waals surface area contributed by atoms with Crippen molar-refractivity contribution in [2.24, 2.45) is 5.10 Å². The molecule has 1 saturated heterocycles. The summed E-state index contributed by atoms with van der Waals surface area (Å²) in [6.45, 7) is 7.86. The molecule has 0 spiro atoms. The molecular weight excluding hydrogens is 246 g/mol. The number of halogens is 1. The van der Waals surface area contributed by atoms with Gasteiger partial charge in [0.15, 0.2) is 0 Å². The zero-order valence-corrected chi connectivity index (χ0v) is 11.8. The molecule has 1 aromatic rings. The predicted molar refractivity (Wildman–Crippen MR) is 77.7 cm³/mol. The summed E-state index contributed by atoms with van der Waals surface area (Å²) in [6.07, 6.45) is 2.19. The van der Waals surface area contributed by atoms with E-state index in [9.17, 15) is 0 Å². The smallest absolute Gasteiger partial charge is 0.0824 e. The van der Waals surface area contributed by atoms with Gasteiger partial charge in [0.1, 0.15) is 0 Å². The summed E-state index contributed by atoms with van der Waals surface area (Å²) in [5, 5.41) is 5.27. The summed E-state index contributed by atoms with van der Waals surface area (Å²) < 4.78 is 0. The van der Waals surface area contributed by atoms with Crippen molar-refractivity contribution in [1.82, 2.24) is 0 Å². The number of aryl methyl sites for hydroxylation is 1. The molecule has 4 heteroatoms. The van der Waals surface area contributed by atoms with Crippen molar-refractivity contribution >= 4 is 23.0 Å². The number of rotatable bonds is 3. The third-order valence-electron chi connectivity index (χ3n) is 3.55. The highest BCUT2D eigenvalue weighted by Crippen LogP contribution is 2.19. The first-order valence-electron chi connectivity index (χ1n) is 6.60. The third-order valence-corrected chi connectivity index (χ3v) is 3.96. The van der Waals surface area contributed by atoms with Gasteiger partial charge in [-0.2, -0.15) is 5.10 Å². The Hall–Kier alpha value is -1.06. The number of hydrazone groups is 1. The first-order chi connectivity index (χ1) is 8.69. The molecule has 1 fully saturated rings. The monoisotopic (exact) mass is 266 g/mol. The van der Waals surface area contributed by atoms with Crippen LogP contribution in [0, 0.1) is 6.92 Å². The fourth-order valence-corrected chi connectivity index (χ4v) is 2.34. The van der Waals surface area contributed by atoms with Crippen LogP contribution in [0.25, 0.3) is 0 Å². The molecule has 1 aliphatic rings. The number of hydrogen-bond acceptors (Lipinski definition) is 2. The summed E-state index contributed by atoms with van der Waals surface area (Å²) >= 11 is 6.08. The van der Waals surface area contributed by atoms with Gasteiger partial charge in [0, 0.05) is 23.6 Å². The lowest BCUT2D eigenvalue weighted by atomic mass is 10.1. The molecule has 3 nitrogen and oxygen atoms in total. The molecule has 0 atom stereocenters. The average Bonchev–Trinajstić information content (AvgIpc) is 2.41. The largest absolute Gasteiger partial charge is 0.335 e. The molecule has 0 unspecified atom stereocenters. The second kappa shape index (κ2) is 6.21. The number of nitrogens with one attached hydrogen (secondary N) is 2. The Morgan fingerprint density at radius 1 is 1.33 bits per heavy atom. The summed E-state index contributed by atoms with van der Waals surface area (Å²) in [5.74, 6) is 0. The number of anilines is 1. The third kappa shape index (κ3) is 3.47. The van der Waals surface area contributed by atoms with Crippen LogP contribution in [0.1, 0.15) is 25.3 Å². The van der Waals surface area contributed by atoms with E-state index >= 15 is 0 Å². The first-order valence-corrected chi connectivity index (χ1v) is 6.98. The van der Waals surface area contributed by atoms with Gasteiger partial charge in [-0.15, -0.1) is 0 Å². The molecule has 1 aliphatic heterocycles. The van der Waals surface area contributed by atoms with Crippen molar-refractivity contribution in [3.05, 3.63) is 28.8 Å². The van der Waals surface area contributed by atoms with E-state index in [1.54, 1.807) is 4.90 Å². The van der Waals surface area contributed by atoms with Gasteiger partial charge in [0.25, 0.3) is 0 Å². The van der Waals surface area contributed by atoms with Crippen molar-refractivity contribution in [2.75, 3.05) is 25.1 Å². The highest BCUT2D eigenvalue weighted by Gasteiger charge is 2.16. The first kappa shape index (κ1) is 13.4. The number of quaternary nitrogens is 1. The average molecular weight is 267 g/mol. The van der Waals surface area contributed by atoms with E-state index in [-0.39, 0.29) is 0 Å². The lowest BCUT2D eigenvalue weighted by Crippen LogP contribution is -3.12. The van der Waals surface area contributed by atoms with E-state index in [1.807, 2.05) is 25.1 Å². The maximum absolute atomic E-state index is 6.08. The van der Waals surface area contributed by atoms with E-state index in [0.29, 0.717) is 0 Å². The maximum Gasteiger partial charge on any atom is 0.0824 e. The van der Waals surface area contributed by atoms with Crippen LogP contribution in [0.5, 0.6) is 0 Å². The van der Waals surface area contributed by atoms with Crippen LogP contribution in [-0.2, 0) is 0 Å². The van der Waals surface area contributed by atoms with Crippen LogP contribution in [0.4, 0.5) is 5.69 Å². The van der Waals surface area contributed by atoms with E-state index in [0.717, 1.165) is 29.1 Å². The minimum atomic E-state index is 0.783. The van der Waals surface area contributed by atoms with Gasteiger partial charge in [0.2, 0.25) is 0 Å². The molecule has 0 amide bonds. The minimum absolute atomic E-state index is 0.783. The van der Waals surface area contributed by atoms with E-state index in [1.165, 1.54) is 25.3 Å². The number of piperidine rings is 1. The van der Waals surface area contributed by atoms with Gasteiger partial charge in [-0.05, 0) is 31.5 Å². The normalized spacial score (nSPS) is 19.7. The van der Waals surface area contributed by atoms with Gasteiger partial charge < -0.3 is 4.90 Å². The van der Waals surface area contributed by atoms with Crippen LogP contribution in [0.15, 0.2) is 23.3 Å². The Morgan fingerprint density at radius 3 is 2.67 bits per heavy atom. The van der Waals surface area contributed by atoms with Crippen LogP contribution >= 0.6 is 11.6 Å². The van der Waals surface area contributed by atoms with Crippen LogP contribution < -0.4 is 10.3 Å². The molecule has 0 aromatic heterocycles. The van der Waals surface area contributed by atoms with Crippen LogP contribution in [0.3, 0.4) is 0 Å². The summed E-state index contributed by atoms with van der Waals surface area (Å²) in [6, 6.07) is 5.94. The number of benzene rings is 1. The van der Waals surface area contributed by atoms with Crippen molar-refractivity contribution < 1.29 is 4.90 Å². The van der Waals surface area contributed by atoms with Crippen LogP contribution in [0.2, 0.25) is 5.02 Å². The number of hydrogen-bond donors (Lipinski definition) is 2. The van der Waals surface area contributed by atoms with Crippen molar-refractivity contribution in [2.45, 2.75) is 26.7 Å². The topological polar surface area (TPSA) is 28.8 Å². The minimum Gasteiger partial charge on any atom is -0.335 e. The Bertz CT molecular complexity index is 433. The van der Waals surface area contributed by atoms with E-state index < -0.39 is 0 Å². The quantitative estimate of drug-likeness (QED) is 0.807. The van der Waals surface area contributed by atoms with Gasteiger partial charge in [-0.25, -0.2) is 0 Å². The molecule has 0 bridgehead atoms. The molecule has 98 valence electrons. The zero-order valence-electron chi connectivity index (χ0n) is 11.1. The Labute approximate surface area is 114 Å². The summed E-state index contributed by atoms with van der Waals surface area (Å²) in [5.41, 5.74) is 6.43. The van der Waals surface area contributed by atoms with Crippen LogP contribution in [-0.4, -0.2) is 25.3 Å². The van der Waals surface area contributed by atoms with Crippen molar-refractivity contribution in [3.8, 4) is 0 Å². The standard InChI is InChI=1S/C14H20ClN3/c1-3-18-8-6-12(7-9-18)16-17-13-5-4-11(2)14(15)10-13/h4-5,10,17H,3,6-9H2,1-2H3/p+1. The SMILES string of the molecule is CC[NH+]1CCC(=NNc2ccc(C)c(Cl)c2)CC1. The molecule has 0 radical (unpaired) electrons. The van der Waals surface area contributed by atoms with Gasteiger partial charge >= 0.3 is 0 Å². The zero-order chi connectivity index (χ0) is 13.0.